The molecule has 1 unspecified atom stereocenters. The largest absolute Gasteiger partial charge is 0.323 e. The maximum absolute atomic E-state index is 13.7. The first-order valence-electron chi connectivity index (χ1n) is 7.04. The summed E-state index contributed by atoms with van der Waals surface area (Å²) in [5, 5.41) is 6.39. The highest BCUT2D eigenvalue weighted by atomic mass is 35.5. The standard InChI is InChI=1S/C15H20ClFN2O/c1-2-6-15(7-3-8-18-10-15)14(20)19-13-9-11(16)4-5-12(13)17/h4-5,9,18H,2-3,6-8,10H2,1H3,(H,19,20). The van der Waals surface area contributed by atoms with Crippen molar-refractivity contribution in [2.45, 2.75) is 32.6 Å². The van der Waals surface area contributed by atoms with E-state index in [2.05, 4.69) is 17.6 Å². The maximum atomic E-state index is 13.7. The quantitative estimate of drug-likeness (QED) is 0.892. The Kier molecular flexibility index (Phi) is 5.00. The SMILES string of the molecule is CCCC1(C(=O)Nc2cc(Cl)ccc2F)CCCNC1. The van der Waals surface area contributed by atoms with E-state index in [1.54, 1.807) is 0 Å². The lowest BCUT2D eigenvalue weighted by Gasteiger charge is -2.36. The molecular weight excluding hydrogens is 279 g/mol. The molecule has 0 aliphatic carbocycles. The van der Waals surface area contributed by atoms with E-state index in [4.69, 9.17) is 11.6 Å². The van der Waals surface area contributed by atoms with Gasteiger partial charge in [0.25, 0.3) is 0 Å². The summed E-state index contributed by atoms with van der Waals surface area (Å²) in [4.78, 5) is 12.6. The number of piperidine rings is 1. The lowest BCUT2D eigenvalue weighted by Crippen LogP contribution is -2.48. The van der Waals surface area contributed by atoms with Gasteiger partial charge in [0.2, 0.25) is 5.91 Å². The van der Waals surface area contributed by atoms with Gasteiger partial charge in [0.05, 0.1) is 11.1 Å². The third-order valence-electron chi connectivity index (χ3n) is 3.86. The van der Waals surface area contributed by atoms with E-state index in [0.29, 0.717) is 11.6 Å². The number of halogens is 2. The lowest BCUT2D eigenvalue weighted by molar-refractivity contribution is -0.127. The molecule has 1 aromatic carbocycles. The van der Waals surface area contributed by atoms with Crippen LogP contribution in [-0.4, -0.2) is 19.0 Å². The van der Waals surface area contributed by atoms with Crippen molar-refractivity contribution in [3.8, 4) is 0 Å². The predicted octanol–water partition coefficient (Wildman–Crippen LogP) is 3.59. The fraction of sp³-hybridized carbons (Fsp3) is 0.533. The minimum absolute atomic E-state index is 0.118. The van der Waals surface area contributed by atoms with Gasteiger partial charge < -0.3 is 10.6 Å². The number of carbonyl (C=O) groups is 1. The van der Waals surface area contributed by atoms with E-state index in [9.17, 15) is 9.18 Å². The minimum atomic E-state index is -0.460. The Morgan fingerprint density at radius 2 is 2.35 bits per heavy atom. The summed E-state index contributed by atoms with van der Waals surface area (Å²) in [6.45, 7) is 3.64. The minimum Gasteiger partial charge on any atom is -0.323 e. The monoisotopic (exact) mass is 298 g/mol. The molecule has 1 saturated heterocycles. The molecule has 2 N–H and O–H groups in total. The van der Waals surface area contributed by atoms with Crippen molar-refractivity contribution in [3.05, 3.63) is 29.0 Å². The van der Waals surface area contributed by atoms with Crippen LogP contribution in [0.1, 0.15) is 32.6 Å². The number of carbonyl (C=O) groups excluding carboxylic acids is 1. The number of amides is 1. The fourth-order valence-corrected chi connectivity index (χ4v) is 2.99. The van der Waals surface area contributed by atoms with E-state index >= 15 is 0 Å². The summed E-state index contributed by atoms with van der Waals surface area (Å²) in [5.74, 6) is -0.578. The molecule has 1 fully saturated rings. The van der Waals surface area contributed by atoms with Gasteiger partial charge in [-0.25, -0.2) is 4.39 Å². The van der Waals surface area contributed by atoms with Crippen LogP contribution < -0.4 is 10.6 Å². The number of rotatable bonds is 4. The Balaban J connectivity index is 2.18. The Labute approximate surface area is 123 Å². The van der Waals surface area contributed by atoms with Crippen LogP contribution in [0.25, 0.3) is 0 Å². The normalized spacial score (nSPS) is 22.6. The molecule has 0 spiro atoms. The molecule has 20 heavy (non-hydrogen) atoms. The van der Waals surface area contributed by atoms with Gasteiger partial charge in [-0.2, -0.15) is 0 Å². The highest BCUT2D eigenvalue weighted by Crippen LogP contribution is 2.33. The number of hydrogen-bond acceptors (Lipinski definition) is 2. The second kappa shape index (κ2) is 6.55. The van der Waals surface area contributed by atoms with Gasteiger partial charge in [0.15, 0.2) is 0 Å². The molecule has 1 heterocycles. The van der Waals surface area contributed by atoms with Gasteiger partial charge in [-0.3, -0.25) is 4.79 Å². The molecular formula is C15H20ClFN2O. The van der Waals surface area contributed by atoms with Gasteiger partial charge in [-0.1, -0.05) is 24.9 Å². The second-order valence-corrected chi connectivity index (χ2v) is 5.83. The number of benzene rings is 1. The Hall–Kier alpha value is -1.13. The van der Waals surface area contributed by atoms with Crippen molar-refractivity contribution in [2.24, 2.45) is 5.41 Å². The molecule has 5 heteroatoms. The van der Waals surface area contributed by atoms with Crippen LogP contribution in [-0.2, 0) is 4.79 Å². The van der Waals surface area contributed by atoms with Gasteiger partial charge in [-0.05, 0) is 44.0 Å². The van der Waals surface area contributed by atoms with Crippen LogP contribution >= 0.6 is 11.6 Å². The molecule has 1 amide bonds. The van der Waals surface area contributed by atoms with Crippen molar-refractivity contribution in [2.75, 3.05) is 18.4 Å². The molecule has 2 rings (SSSR count). The molecule has 1 aromatic rings. The van der Waals surface area contributed by atoms with E-state index < -0.39 is 11.2 Å². The third kappa shape index (κ3) is 3.30. The molecule has 0 saturated carbocycles. The summed E-state index contributed by atoms with van der Waals surface area (Å²) in [7, 11) is 0. The highest BCUT2D eigenvalue weighted by molar-refractivity contribution is 6.30. The average molecular weight is 299 g/mol. The van der Waals surface area contributed by atoms with Crippen LogP contribution in [0.2, 0.25) is 5.02 Å². The van der Waals surface area contributed by atoms with Crippen molar-refractivity contribution >= 4 is 23.2 Å². The Bertz CT molecular complexity index is 481. The van der Waals surface area contributed by atoms with E-state index in [1.807, 2.05) is 0 Å². The van der Waals surface area contributed by atoms with Gasteiger partial charge >= 0.3 is 0 Å². The van der Waals surface area contributed by atoms with Crippen molar-refractivity contribution in [1.82, 2.24) is 5.32 Å². The number of anilines is 1. The number of hydrogen-bond donors (Lipinski definition) is 2. The molecule has 0 radical (unpaired) electrons. The fourth-order valence-electron chi connectivity index (χ4n) is 2.82. The lowest BCUT2D eigenvalue weighted by atomic mass is 9.76. The summed E-state index contributed by atoms with van der Waals surface area (Å²) in [6, 6.07) is 4.19. The van der Waals surface area contributed by atoms with Gasteiger partial charge in [-0.15, -0.1) is 0 Å². The van der Waals surface area contributed by atoms with Crippen molar-refractivity contribution in [3.63, 3.8) is 0 Å². The molecule has 110 valence electrons. The zero-order valence-corrected chi connectivity index (χ0v) is 12.4. The first kappa shape index (κ1) is 15.3. The summed E-state index contributed by atoms with van der Waals surface area (Å²) in [5.41, 5.74) is -0.287. The van der Waals surface area contributed by atoms with Crippen LogP contribution in [0, 0.1) is 11.2 Å². The molecule has 1 aliphatic heterocycles. The second-order valence-electron chi connectivity index (χ2n) is 5.39. The average Bonchev–Trinajstić information content (AvgIpc) is 2.44. The Morgan fingerprint density at radius 3 is 3.00 bits per heavy atom. The molecule has 1 aliphatic rings. The van der Waals surface area contributed by atoms with Gasteiger partial charge in [0.1, 0.15) is 5.82 Å². The summed E-state index contributed by atoms with van der Waals surface area (Å²) >= 11 is 5.85. The Morgan fingerprint density at radius 1 is 1.55 bits per heavy atom. The maximum Gasteiger partial charge on any atom is 0.231 e. The first-order chi connectivity index (χ1) is 9.57. The van der Waals surface area contributed by atoms with Crippen molar-refractivity contribution in [1.29, 1.82) is 0 Å². The van der Waals surface area contributed by atoms with Crippen molar-refractivity contribution < 1.29 is 9.18 Å². The van der Waals surface area contributed by atoms with Crippen LogP contribution in [0.5, 0.6) is 0 Å². The predicted molar refractivity (Wildman–Crippen MR) is 79.5 cm³/mol. The van der Waals surface area contributed by atoms with Gasteiger partial charge in [0, 0.05) is 11.6 Å². The van der Waals surface area contributed by atoms with E-state index in [-0.39, 0.29) is 11.6 Å². The zero-order valence-electron chi connectivity index (χ0n) is 11.6. The summed E-state index contributed by atoms with van der Waals surface area (Å²) < 4.78 is 13.7. The molecule has 0 bridgehead atoms. The smallest absolute Gasteiger partial charge is 0.231 e. The molecule has 3 nitrogen and oxygen atoms in total. The first-order valence-corrected chi connectivity index (χ1v) is 7.42. The summed E-state index contributed by atoms with van der Waals surface area (Å²) in [6.07, 6.45) is 3.52. The zero-order chi connectivity index (χ0) is 14.6. The third-order valence-corrected chi connectivity index (χ3v) is 4.09. The number of nitrogens with one attached hydrogen (secondary N) is 2. The molecule has 1 atom stereocenters. The topological polar surface area (TPSA) is 41.1 Å². The van der Waals surface area contributed by atoms with E-state index in [0.717, 1.165) is 32.2 Å². The highest BCUT2D eigenvalue weighted by Gasteiger charge is 2.38. The van der Waals surface area contributed by atoms with Crippen LogP contribution in [0.4, 0.5) is 10.1 Å². The molecule has 0 aromatic heterocycles. The van der Waals surface area contributed by atoms with E-state index in [1.165, 1.54) is 18.2 Å². The van der Waals surface area contributed by atoms with Crippen LogP contribution in [0.3, 0.4) is 0 Å². The van der Waals surface area contributed by atoms with Crippen LogP contribution in [0.15, 0.2) is 18.2 Å².